The van der Waals surface area contributed by atoms with Crippen molar-refractivity contribution in [1.82, 2.24) is 15.0 Å². The van der Waals surface area contributed by atoms with Gasteiger partial charge in [0.25, 0.3) is 0 Å². The molecule has 8 aromatic carbocycles. The summed E-state index contributed by atoms with van der Waals surface area (Å²) < 4.78 is 6.43. The van der Waals surface area contributed by atoms with Crippen molar-refractivity contribution in [2.75, 3.05) is 0 Å². The standard InChI is InChI=1S/C51H28B5N3O/c52-44-43(45(53)47(55)48(56)46(44)54)33-20-18-31(19-21-33)30-14-16-32(17-15-30)36-22-24-39-40-27-38(23-25-41(40)60-42(39)28-36)51-58-49(34-10-5-2-6-11-34)57-50(59-51)37-13-7-12-35(26-37)29-8-3-1-4-9-29/h1-28H. The van der Waals surface area contributed by atoms with Crippen LogP contribution in [0.5, 0.6) is 0 Å². The highest BCUT2D eigenvalue weighted by molar-refractivity contribution is 6.68. The highest BCUT2D eigenvalue weighted by Crippen LogP contribution is 2.36. The Morgan fingerprint density at radius 1 is 0.283 bits per heavy atom. The van der Waals surface area contributed by atoms with E-state index in [9.17, 15) is 0 Å². The maximum atomic E-state index is 6.43. The summed E-state index contributed by atoms with van der Waals surface area (Å²) in [5.74, 6) is 1.79. The van der Waals surface area contributed by atoms with E-state index in [0.717, 1.165) is 77.6 Å². The summed E-state index contributed by atoms with van der Waals surface area (Å²) in [4.78, 5) is 15.0. The largest absolute Gasteiger partial charge is 0.456 e. The van der Waals surface area contributed by atoms with E-state index in [1.54, 1.807) is 0 Å². The van der Waals surface area contributed by atoms with E-state index in [4.69, 9.17) is 58.6 Å². The Kier molecular flexibility index (Phi) is 9.45. The minimum Gasteiger partial charge on any atom is -0.456 e. The van der Waals surface area contributed by atoms with Crippen LogP contribution in [0.1, 0.15) is 0 Å². The molecule has 2 aromatic heterocycles. The van der Waals surface area contributed by atoms with Crippen molar-refractivity contribution in [3.8, 4) is 78.7 Å². The van der Waals surface area contributed by atoms with Gasteiger partial charge in [0.15, 0.2) is 17.5 Å². The second-order valence-electron chi connectivity index (χ2n) is 14.7. The van der Waals surface area contributed by atoms with Gasteiger partial charge in [-0.15, -0.1) is 16.4 Å². The van der Waals surface area contributed by atoms with Crippen LogP contribution in [0, 0.1) is 0 Å². The molecule has 0 aliphatic carbocycles. The molecule has 0 saturated carbocycles. The first-order valence-corrected chi connectivity index (χ1v) is 19.5. The van der Waals surface area contributed by atoms with Crippen molar-refractivity contribution in [2.45, 2.75) is 0 Å². The lowest BCUT2D eigenvalue weighted by atomic mass is 9.59. The van der Waals surface area contributed by atoms with E-state index in [0.29, 0.717) is 34.0 Å². The Balaban J connectivity index is 0.959. The van der Waals surface area contributed by atoms with Crippen LogP contribution in [-0.2, 0) is 0 Å². The fourth-order valence-electron chi connectivity index (χ4n) is 7.76. The number of hydrogen-bond donors (Lipinski definition) is 0. The minimum atomic E-state index is 0.198. The van der Waals surface area contributed by atoms with Gasteiger partial charge >= 0.3 is 0 Å². The molecule has 10 rings (SSSR count). The van der Waals surface area contributed by atoms with Crippen LogP contribution in [-0.4, -0.2) is 54.2 Å². The number of rotatable bonds is 7. The van der Waals surface area contributed by atoms with Crippen molar-refractivity contribution in [2.24, 2.45) is 0 Å². The number of aromatic nitrogens is 3. The van der Waals surface area contributed by atoms with Gasteiger partial charge in [-0.3, -0.25) is 0 Å². The van der Waals surface area contributed by atoms with Crippen LogP contribution in [0.2, 0.25) is 0 Å². The predicted molar refractivity (Wildman–Crippen MR) is 252 cm³/mol. The van der Waals surface area contributed by atoms with Gasteiger partial charge in [0.1, 0.15) is 50.4 Å². The van der Waals surface area contributed by atoms with E-state index in [-0.39, 0.29) is 16.4 Å². The van der Waals surface area contributed by atoms with Crippen molar-refractivity contribution < 1.29 is 4.42 Å². The Labute approximate surface area is 354 Å². The number of hydrogen-bond acceptors (Lipinski definition) is 4. The van der Waals surface area contributed by atoms with E-state index >= 15 is 0 Å². The molecule has 2 heterocycles. The smallest absolute Gasteiger partial charge is 0.164 e. The molecule has 0 atom stereocenters. The van der Waals surface area contributed by atoms with Crippen molar-refractivity contribution in [3.63, 3.8) is 0 Å². The zero-order valence-electron chi connectivity index (χ0n) is 32.3. The average molecular weight is 753 g/mol. The minimum absolute atomic E-state index is 0.198. The highest BCUT2D eigenvalue weighted by atomic mass is 16.3. The third-order valence-electron chi connectivity index (χ3n) is 11.0. The summed E-state index contributed by atoms with van der Waals surface area (Å²) in [7, 11) is 30.8. The fraction of sp³-hybridized carbons (Fsp3) is 0. The summed E-state index contributed by atoms with van der Waals surface area (Å²) in [6, 6.07) is 57.4. The lowest BCUT2D eigenvalue weighted by molar-refractivity contribution is 0.669. The van der Waals surface area contributed by atoms with E-state index < -0.39 is 0 Å². The van der Waals surface area contributed by atoms with Crippen LogP contribution < -0.4 is 27.3 Å². The molecule has 10 aromatic rings. The molecular formula is C51H28B5N3O. The molecule has 0 spiro atoms. The van der Waals surface area contributed by atoms with Crippen LogP contribution in [0.4, 0.5) is 0 Å². The summed E-state index contributed by atoms with van der Waals surface area (Å²) >= 11 is 0. The molecule has 0 bridgehead atoms. The lowest BCUT2D eigenvalue weighted by Gasteiger charge is -2.21. The first kappa shape index (κ1) is 37.2. The molecule has 0 unspecified atom stereocenters. The van der Waals surface area contributed by atoms with Gasteiger partial charge in [0, 0.05) is 27.5 Å². The first-order chi connectivity index (χ1) is 29.3. The SMILES string of the molecule is [B]c1c([B])c([B])c(-c2ccc(-c3ccc(-c4ccc5c(c4)oc4ccc(-c6nc(-c7ccccc7)nc(-c7cccc(-c8ccccc8)c7)n6)cc45)cc3)cc2)c([B])c1[B]. The highest BCUT2D eigenvalue weighted by Gasteiger charge is 2.17. The van der Waals surface area contributed by atoms with Crippen molar-refractivity contribution in [1.29, 1.82) is 0 Å². The Morgan fingerprint density at radius 3 is 1.32 bits per heavy atom. The fourth-order valence-corrected chi connectivity index (χ4v) is 7.76. The number of fused-ring (bicyclic) bond motifs is 3. The van der Waals surface area contributed by atoms with Crippen LogP contribution in [0.3, 0.4) is 0 Å². The zero-order chi connectivity index (χ0) is 40.9. The van der Waals surface area contributed by atoms with Crippen LogP contribution in [0.15, 0.2) is 174 Å². The first-order valence-electron chi connectivity index (χ1n) is 19.5. The lowest BCUT2D eigenvalue weighted by Crippen LogP contribution is -2.55. The summed E-state index contributed by atoms with van der Waals surface area (Å²) in [5.41, 5.74) is 13.4. The van der Waals surface area contributed by atoms with Crippen molar-refractivity contribution in [3.05, 3.63) is 170 Å². The van der Waals surface area contributed by atoms with Gasteiger partial charge in [-0.1, -0.05) is 144 Å². The average Bonchev–Trinajstić information content (AvgIpc) is 3.68. The molecular weight excluding hydrogens is 725 g/mol. The van der Waals surface area contributed by atoms with Crippen molar-refractivity contribution >= 4 is 88.5 Å². The Morgan fingerprint density at radius 2 is 0.700 bits per heavy atom. The molecule has 9 heteroatoms. The third-order valence-corrected chi connectivity index (χ3v) is 11.0. The molecule has 10 radical (unpaired) electrons. The van der Waals surface area contributed by atoms with E-state index in [1.165, 1.54) is 0 Å². The maximum absolute atomic E-state index is 6.43. The van der Waals surface area contributed by atoms with Gasteiger partial charge in [0.2, 0.25) is 0 Å². The molecule has 0 fully saturated rings. The Bertz CT molecular complexity index is 3210. The molecule has 268 valence electrons. The Hall–Kier alpha value is -7.11. The van der Waals surface area contributed by atoms with E-state index in [1.807, 2.05) is 97.1 Å². The third kappa shape index (κ3) is 6.76. The topological polar surface area (TPSA) is 51.8 Å². The second kappa shape index (κ2) is 15.2. The number of nitrogens with zero attached hydrogens (tertiary/aromatic N) is 3. The van der Waals surface area contributed by atoms with Gasteiger partial charge in [-0.05, 0) is 80.9 Å². The maximum Gasteiger partial charge on any atom is 0.164 e. The summed E-state index contributed by atoms with van der Waals surface area (Å²) in [6.45, 7) is 0. The molecule has 60 heavy (non-hydrogen) atoms. The molecule has 0 saturated heterocycles. The normalized spacial score (nSPS) is 11.3. The molecule has 0 amide bonds. The van der Waals surface area contributed by atoms with Crippen LogP contribution in [0.25, 0.3) is 101 Å². The quantitative estimate of drug-likeness (QED) is 0.159. The molecule has 0 aliphatic rings. The predicted octanol–water partition coefficient (Wildman–Crippen LogP) is 7.41. The monoisotopic (exact) mass is 753 g/mol. The van der Waals surface area contributed by atoms with E-state index in [2.05, 4.69) is 72.8 Å². The molecule has 4 nitrogen and oxygen atoms in total. The van der Waals surface area contributed by atoms with Gasteiger partial charge in [-0.2, -0.15) is 0 Å². The van der Waals surface area contributed by atoms with Gasteiger partial charge in [0.05, 0.1) is 0 Å². The molecule has 0 N–H and O–H groups in total. The number of benzene rings is 8. The van der Waals surface area contributed by atoms with Gasteiger partial charge in [-0.25, -0.2) is 15.0 Å². The summed E-state index contributed by atoms with van der Waals surface area (Å²) in [5, 5.41) is 1.99. The zero-order valence-corrected chi connectivity index (χ0v) is 32.3. The van der Waals surface area contributed by atoms with Crippen LogP contribution >= 0.6 is 0 Å². The number of furan rings is 1. The second-order valence-corrected chi connectivity index (χ2v) is 14.7. The van der Waals surface area contributed by atoms with Gasteiger partial charge < -0.3 is 4.42 Å². The summed E-state index contributed by atoms with van der Waals surface area (Å²) in [6.07, 6.45) is 0. The molecule has 0 aliphatic heterocycles.